The second kappa shape index (κ2) is 6.40. The molecule has 2 aromatic heterocycles. The van der Waals surface area contributed by atoms with Crippen LogP contribution < -0.4 is 5.32 Å². The molecule has 20 heavy (non-hydrogen) atoms. The Kier molecular flexibility index (Phi) is 4.59. The number of nitrogens with zero attached hydrogens (tertiary/aromatic N) is 3. The number of pyridine rings is 1. The van der Waals surface area contributed by atoms with Crippen molar-refractivity contribution in [3.63, 3.8) is 0 Å². The maximum atomic E-state index is 8.86. The molecule has 6 heteroatoms. The summed E-state index contributed by atoms with van der Waals surface area (Å²) in [5, 5.41) is 16.3. The van der Waals surface area contributed by atoms with E-state index in [-0.39, 0.29) is 5.69 Å². The van der Waals surface area contributed by atoms with Gasteiger partial charge in [-0.1, -0.05) is 16.8 Å². The number of halogens is 1. The minimum Gasteiger partial charge on any atom is -0.370 e. The van der Waals surface area contributed by atoms with E-state index in [4.69, 9.17) is 21.4 Å². The van der Waals surface area contributed by atoms with Crippen molar-refractivity contribution in [1.29, 1.82) is 5.26 Å². The first-order valence-electron chi connectivity index (χ1n) is 6.34. The molecule has 0 spiro atoms. The third kappa shape index (κ3) is 3.28. The standard InChI is InChI=1S/C14H15ClN4O/c1-9-11(10(2)20-19-9)4-3-7-17-14-6-5-12(15)13(8-16)18-14/h5-6H,3-4,7H2,1-2H3,(H,17,18). The van der Waals surface area contributed by atoms with Crippen LogP contribution in [0.5, 0.6) is 0 Å². The summed E-state index contributed by atoms with van der Waals surface area (Å²) in [6, 6.07) is 5.39. The van der Waals surface area contributed by atoms with E-state index in [2.05, 4.69) is 15.5 Å². The summed E-state index contributed by atoms with van der Waals surface area (Å²) in [7, 11) is 0. The topological polar surface area (TPSA) is 74.7 Å². The minimum absolute atomic E-state index is 0.238. The van der Waals surface area contributed by atoms with Gasteiger partial charge < -0.3 is 9.84 Å². The lowest BCUT2D eigenvalue weighted by Gasteiger charge is -2.06. The monoisotopic (exact) mass is 290 g/mol. The first-order valence-corrected chi connectivity index (χ1v) is 6.72. The van der Waals surface area contributed by atoms with Crippen molar-refractivity contribution in [1.82, 2.24) is 10.1 Å². The molecule has 104 valence electrons. The fourth-order valence-corrected chi connectivity index (χ4v) is 2.11. The molecule has 0 unspecified atom stereocenters. The molecule has 0 aromatic carbocycles. The Morgan fingerprint density at radius 2 is 2.20 bits per heavy atom. The maximum Gasteiger partial charge on any atom is 0.161 e. The third-order valence-electron chi connectivity index (χ3n) is 3.04. The van der Waals surface area contributed by atoms with Crippen LogP contribution in [-0.2, 0) is 6.42 Å². The molecule has 0 aliphatic heterocycles. The second-order valence-electron chi connectivity index (χ2n) is 4.47. The van der Waals surface area contributed by atoms with Crippen LogP contribution in [-0.4, -0.2) is 16.7 Å². The number of anilines is 1. The Balaban J connectivity index is 1.86. The predicted molar refractivity (Wildman–Crippen MR) is 76.7 cm³/mol. The van der Waals surface area contributed by atoms with Crippen LogP contribution in [0.2, 0.25) is 5.02 Å². The van der Waals surface area contributed by atoms with Crippen LogP contribution in [0.15, 0.2) is 16.7 Å². The van der Waals surface area contributed by atoms with Crippen molar-refractivity contribution in [2.45, 2.75) is 26.7 Å². The van der Waals surface area contributed by atoms with Gasteiger partial charge in [0, 0.05) is 12.1 Å². The van der Waals surface area contributed by atoms with E-state index in [1.807, 2.05) is 19.9 Å². The summed E-state index contributed by atoms with van der Waals surface area (Å²) in [5.41, 5.74) is 2.34. The van der Waals surface area contributed by atoms with Crippen LogP contribution in [0.25, 0.3) is 0 Å². The summed E-state index contributed by atoms with van der Waals surface area (Å²) >= 11 is 5.83. The molecule has 1 N–H and O–H groups in total. The van der Waals surface area contributed by atoms with E-state index in [1.54, 1.807) is 12.1 Å². The SMILES string of the molecule is Cc1noc(C)c1CCCNc1ccc(Cl)c(C#N)n1. The average Bonchev–Trinajstić information content (AvgIpc) is 2.76. The van der Waals surface area contributed by atoms with E-state index in [1.165, 1.54) is 0 Å². The summed E-state index contributed by atoms with van der Waals surface area (Å²) in [6.45, 7) is 4.62. The number of hydrogen-bond acceptors (Lipinski definition) is 5. The minimum atomic E-state index is 0.238. The zero-order valence-corrected chi connectivity index (χ0v) is 12.2. The van der Waals surface area contributed by atoms with Crippen LogP contribution >= 0.6 is 11.6 Å². The number of nitriles is 1. The fraction of sp³-hybridized carbons (Fsp3) is 0.357. The molecule has 0 aliphatic rings. The summed E-state index contributed by atoms with van der Waals surface area (Å²) in [6.07, 6.45) is 1.82. The molecule has 0 radical (unpaired) electrons. The summed E-state index contributed by atoms with van der Waals surface area (Å²) in [5.74, 6) is 1.53. The number of aromatic nitrogens is 2. The molecule has 2 aromatic rings. The first kappa shape index (κ1) is 14.4. The van der Waals surface area contributed by atoms with Crippen molar-refractivity contribution in [2.24, 2.45) is 0 Å². The second-order valence-corrected chi connectivity index (χ2v) is 4.88. The Bertz CT molecular complexity index is 626. The number of hydrogen-bond donors (Lipinski definition) is 1. The van der Waals surface area contributed by atoms with Crippen molar-refractivity contribution in [2.75, 3.05) is 11.9 Å². The molecule has 0 aliphatic carbocycles. The van der Waals surface area contributed by atoms with Gasteiger partial charge in [0.2, 0.25) is 0 Å². The van der Waals surface area contributed by atoms with Gasteiger partial charge in [-0.2, -0.15) is 5.26 Å². The molecule has 0 amide bonds. The Morgan fingerprint density at radius 3 is 2.85 bits per heavy atom. The third-order valence-corrected chi connectivity index (χ3v) is 3.35. The smallest absolute Gasteiger partial charge is 0.161 e. The van der Waals surface area contributed by atoms with Gasteiger partial charge in [-0.15, -0.1) is 0 Å². The zero-order chi connectivity index (χ0) is 14.5. The lowest BCUT2D eigenvalue weighted by Crippen LogP contribution is -2.05. The van der Waals surface area contributed by atoms with E-state index in [0.29, 0.717) is 10.8 Å². The normalized spacial score (nSPS) is 10.3. The molecule has 0 saturated carbocycles. The zero-order valence-electron chi connectivity index (χ0n) is 11.4. The molecule has 0 bridgehead atoms. The highest BCUT2D eigenvalue weighted by molar-refractivity contribution is 6.31. The number of aryl methyl sites for hydroxylation is 2. The van der Waals surface area contributed by atoms with Gasteiger partial charge in [-0.3, -0.25) is 0 Å². The molecule has 5 nitrogen and oxygen atoms in total. The van der Waals surface area contributed by atoms with Crippen molar-refractivity contribution in [3.05, 3.63) is 39.9 Å². The highest BCUT2D eigenvalue weighted by Crippen LogP contribution is 2.16. The molecular weight excluding hydrogens is 276 g/mol. The molecule has 0 saturated heterocycles. The van der Waals surface area contributed by atoms with Gasteiger partial charge in [0.1, 0.15) is 17.6 Å². The highest BCUT2D eigenvalue weighted by Gasteiger charge is 2.08. The fourth-order valence-electron chi connectivity index (χ4n) is 1.96. The Hall–Kier alpha value is -2.06. The molecule has 0 atom stereocenters. The van der Waals surface area contributed by atoms with E-state index in [9.17, 15) is 0 Å². The molecule has 2 heterocycles. The van der Waals surface area contributed by atoms with Gasteiger partial charge in [0.05, 0.1) is 10.7 Å². The van der Waals surface area contributed by atoms with Gasteiger partial charge in [0.25, 0.3) is 0 Å². The highest BCUT2D eigenvalue weighted by atomic mass is 35.5. The lowest BCUT2D eigenvalue weighted by molar-refractivity contribution is 0.392. The van der Waals surface area contributed by atoms with Crippen molar-refractivity contribution >= 4 is 17.4 Å². The predicted octanol–water partition coefficient (Wildman–Crippen LogP) is 3.26. The Labute approximate surface area is 122 Å². The van der Waals surface area contributed by atoms with Gasteiger partial charge in [-0.05, 0) is 38.8 Å². The summed E-state index contributed by atoms with van der Waals surface area (Å²) in [4.78, 5) is 4.13. The van der Waals surface area contributed by atoms with Crippen LogP contribution in [0.4, 0.5) is 5.82 Å². The molecule has 2 rings (SSSR count). The van der Waals surface area contributed by atoms with Crippen LogP contribution in [0.1, 0.15) is 29.1 Å². The first-order chi connectivity index (χ1) is 9.61. The largest absolute Gasteiger partial charge is 0.370 e. The maximum absolute atomic E-state index is 8.86. The quantitative estimate of drug-likeness (QED) is 0.856. The summed E-state index contributed by atoms with van der Waals surface area (Å²) < 4.78 is 5.12. The van der Waals surface area contributed by atoms with Gasteiger partial charge in [0.15, 0.2) is 5.69 Å². The lowest BCUT2D eigenvalue weighted by atomic mass is 10.1. The van der Waals surface area contributed by atoms with Crippen molar-refractivity contribution < 1.29 is 4.52 Å². The van der Waals surface area contributed by atoms with Crippen molar-refractivity contribution in [3.8, 4) is 6.07 Å². The average molecular weight is 291 g/mol. The van der Waals surface area contributed by atoms with Gasteiger partial charge >= 0.3 is 0 Å². The van der Waals surface area contributed by atoms with Gasteiger partial charge in [-0.25, -0.2) is 4.98 Å². The van der Waals surface area contributed by atoms with E-state index in [0.717, 1.165) is 36.4 Å². The number of rotatable bonds is 5. The van der Waals surface area contributed by atoms with E-state index >= 15 is 0 Å². The van der Waals surface area contributed by atoms with Crippen LogP contribution in [0, 0.1) is 25.2 Å². The molecule has 0 fully saturated rings. The number of nitrogens with one attached hydrogen (secondary N) is 1. The van der Waals surface area contributed by atoms with E-state index < -0.39 is 0 Å². The molecular formula is C14H15ClN4O. The van der Waals surface area contributed by atoms with Crippen LogP contribution in [0.3, 0.4) is 0 Å². The Morgan fingerprint density at radius 1 is 1.40 bits per heavy atom.